The Morgan fingerprint density at radius 2 is 2.17 bits per heavy atom. The van der Waals surface area contributed by atoms with E-state index in [-0.39, 0.29) is 0 Å². The Balaban J connectivity index is 2.58. The molecule has 0 spiro atoms. The standard InChI is InChI=1S/C15H21N3/c1-4-11-6-5-9-17-15(11)13-10-12(16)7-8-14(13)18(2)3/h4,7-8,10,17H,1,5-6,9,16H2,2-3H3. The molecule has 0 amide bonds. The molecule has 0 radical (unpaired) electrons. The van der Waals surface area contributed by atoms with Gasteiger partial charge in [0.25, 0.3) is 0 Å². The quantitative estimate of drug-likeness (QED) is 0.802. The first-order valence-electron chi connectivity index (χ1n) is 6.30. The zero-order chi connectivity index (χ0) is 13.1. The molecule has 0 saturated carbocycles. The summed E-state index contributed by atoms with van der Waals surface area (Å²) >= 11 is 0. The van der Waals surface area contributed by atoms with Gasteiger partial charge in [-0.25, -0.2) is 0 Å². The summed E-state index contributed by atoms with van der Waals surface area (Å²) in [7, 11) is 4.10. The van der Waals surface area contributed by atoms with Crippen molar-refractivity contribution in [2.75, 3.05) is 31.3 Å². The minimum Gasteiger partial charge on any atom is -0.399 e. The van der Waals surface area contributed by atoms with E-state index in [0.717, 1.165) is 30.6 Å². The number of anilines is 2. The number of nitrogens with two attached hydrogens (primary N) is 1. The largest absolute Gasteiger partial charge is 0.399 e. The minimum atomic E-state index is 0.791. The Kier molecular flexibility index (Phi) is 3.60. The highest BCUT2D eigenvalue weighted by molar-refractivity contribution is 5.81. The van der Waals surface area contributed by atoms with Gasteiger partial charge in [-0.2, -0.15) is 0 Å². The molecule has 2 rings (SSSR count). The van der Waals surface area contributed by atoms with Crippen LogP contribution >= 0.6 is 0 Å². The first-order valence-corrected chi connectivity index (χ1v) is 6.30. The van der Waals surface area contributed by atoms with Crippen LogP contribution in [0.2, 0.25) is 0 Å². The minimum absolute atomic E-state index is 0.791. The zero-order valence-electron chi connectivity index (χ0n) is 11.2. The average Bonchev–Trinajstić information content (AvgIpc) is 2.38. The fraction of sp³-hybridized carbons (Fsp3) is 0.333. The molecule has 0 aromatic heterocycles. The molecule has 0 bridgehead atoms. The fourth-order valence-electron chi connectivity index (χ4n) is 2.35. The van der Waals surface area contributed by atoms with E-state index in [1.54, 1.807) is 0 Å². The number of nitrogens with zero attached hydrogens (tertiary/aromatic N) is 1. The van der Waals surface area contributed by atoms with Crippen LogP contribution in [0.15, 0.2) is 36.4 Å². The van der Waals surface area contributed by atoms with Gasteiger partial charge in [-0.05, 0) is 36.6 Å². The summed E-state index contributed by atoms with van der Waals surface area (Å²) < 4.78 is 0. The van der Waals surface area contributed by atoms with Gasteiger partial charge < -0.3 is 16.0 Å². The Morgan fingerprint density at radius 1 is 1.39 bits per heavy atom. The summed E-state index contributed by atoms with van der Waals surface area (Å²) in [6, 6.07) is 6.04. The summed E-state index contributed by atoms with van der Waals surface area (Å²) in [5.74, 6) is 0. The Labute approximate surface area is 109 Å². The maximum Gasteiger partial charge on any atom is 0.0467 e. The van der Waals surface area contributed by atoms with Crippen LogP contribution in [0.25, 0.3) is 5.70 Å². The molecular formula is C15H21N3. The van der Waals surface area contributed by atoms with Gasteiger partial charge in [0.2, 0.25) is 0 Å². The molecule has 0 atom stereocenters. The first kappa shape index (κ1) is 12.6. The van der Waals surface area contributed by atoms with Crippen LogP contribution in [-0.2, 0) is 0 Å². The van der Waals surface area contributed by atoms with Crippen molar-refractivity contribution in [3.63, 3.8) is 0 Å². The second-order valence-corrected chi connectivity index (χ2v) is 4.81. The van der Waals surface area contributed by atoms with Gasteiger partial charge >= 0.3 is 0 Å². The lowest BCUT2D eigenvalue weighted by Gasteiger charge is -2.25. The van der Waals surface area contributed by atoms with Crippen molar-refractivity contribution in [2.45, 2.75) is 12.8 Å². The monoisotopic (exact) mass is 243 g/mol. The van der Waals surface area contributed by atoms with Gasteiger partial charge in [-0.1, -0.05) is 12.7 Å². The van der Waals surface area contributed by atoms with Crippen LogP contribution < -0.4 is 16.0 Å². The Bertz CT molecular complexity index is 487. The molecule has 0 saturated heterocycles. The molecule has 0 unspecified atom stereocenters. The van der Waals surface area contributed by atoms with Crippen LogP contribution in [0.4, 0.5) is 11.4 Å². The molecule has 3 N–H and O–H groups in total. The molecule has 0 aliphatic carbocycles. The SMILES string of the molecule is C=CC1=C(c2cc(N)ccc2N(C)C)NCCC1. The molecule has 1 aliphatic heterocycles. The van der Waals surface area contributed by atoms with Gasteiger partial charge in [0.15, 0.2) is 0 Å². The van der Waals surface area contributed by atoms with E-state index in [1.807, 2.05) is 32.3 Å². The van der Waals surface area contributed by atoms with Crippen molar-refractivity contribution in [3.05, 3.63) is 42.0 Å². The average molecular weight is 243 g/mol. The van der Waals surface area contributed by atoms with Crippen LogP contribution in [0.1, 0.15) is 18.4 Å². The predicted molar refractivity (Wildman–Crippen MR) is 79.5 cm³/mol. The summed E-state index contributed by atoms with van der Waals surface area (Å²) in [5, 5.41) is 3.49. The van der Waals surface area contributed by atoms with Crippen molar-refractivity contribution in [3.8, 4) is 0 Å². The topological polar surface area (TPSA) is 41.3 Å². The second kappa shape index (κ2) is 5.17. The smallest absolute Gasteiger partial charge is 0.0467 e. The molecule has 3 heteroatoms. The predicted octanol–water partition coefficient (Wildman–Crippen LogP) is 2.62. The number of hydrogen-bond acceptors (Lipinski definition) is 3. The lowest BCUT2D eigenvalue weighted by atomic mass is 9.97. The highest BCUT2D eigenvalue weighted by atomic mass is 15.1. The van der Waals surface area contributed by atoms with Crippen molar-refractivity contribution in [2.24, 2.45) is 0 Å². The van der Waals surface area contributed by atoms with E-state index in [2.05, 4.69) is 22.9 Å². The van der Waals surface area contributed by atoms with Crippen LogP contribution in [0.5, 0.6) is 0 Å². The fourth-order valence-corrected chi connectivity index (χ4v) is 2.35. The van der Waals surface area contributed by atoms with E-state index >= 15 is 0 Å². The van der Waals surface area contributed by atoms with E-state index < -0.39 is 0 Å². The Hall–Kier alpha value is -1.90. The van der Waals surface area contributed by atoms with Gasteiger partial charge in [-0.15, -0.1) is 0 Å². The second-order valence-electron chi connectivity index (χ2n) is 4.81. The third kappa shape index (κ3) is 2.35. The third-order valence-corrected chi connectivity index (χ3v) is 3.26. The van der Waals surface area contributed by atoms with Crippen LogP contribution in [0, 0.1) is 0 Å². The van der Waals surface area contributed by atoms with Crippen molar-refractivity contribution in [1.82, 2.24) is 5.32 Å². The summed E-state index contributed by atoms with van der Waals surface area (Å²) in [4.78, 5) is 2.11. The first-order chi connectivity index (χ1) is 8.63. The number of nitrogens with one attached hydrogen (secondary N) is 1. The molecule has 1 aliphatic rings. The molecule has 1 heterocycles. The van der Waals surface area contributed by atoms with Gasteiger partial charge in [0.1, 0.15) is 0 Å². The number of rotatable bonds is 3. The molecule has 18 heavy (non-hydrogen) atoms. The maximum absolute atomic E-state index is 5.93. The summed E-state index contributed by atoms with van der Waals surface area (Å²) in [5.41, 5.74) is 11.5. The van der Waals surface area contributed by atoms with Crippen LogP contribution in [0.3, 0.4) is 0 Å². The number of allylic oxidation sites excluding steroid dienone is 2. The zero-order valence-corrected chi connectivity index (χ0v) is 11.2. The molecule has 0 fully saturated rings. The maximum atomic E-state index is 5.93. The van der Waals surface area contributed by atoms with E-state index in [9.17, 15) is 0 Å². The highest BCUT2D eigenvalue weighted by Gasteiger charge is 2.16. The van der Waals surface area contributed by atoms with Gasteiger partial charge in [0.05, 0.1) is 0 Å². The Morgan fingerprint density at radius 3 is 2.83 bits per heavy atom. The van der Waals surface area contributed by atoms with E-state index in [1.165, 1.54) is 17.0 Å². The number of nitrogen functional groups attached to an aromatic ring is 1. The summed E-state index contributed by atoms with van der Waals surface area (Å²) in [6.45, 7) is 4.92. The lowest BCUT2D eigenvalue weighted by Crippen LogP contribution is -2.22. The number of benzene rings is 1. The molecule has 1 aromatic carbocycles. The van der Waals surface area contributed by atoms with Crippen molar-refractivity contribution in [1.29, 1.82) is 0 Å². The third-order valence-electron chi connectivity index (χ3n) is 3.26. The van der Waals surface area contributed by atoms with Gasteiger partial charge in [0, 0.05) is 43.3 Å². The molecular weight excluding hydrogens is 222 g/mol. The molecule has 96 valence electrons. The van der Waals surface area contributed by atoms with Crippen LogP contribution in [-0.4, -0.2) is 20.6 Å². The summed E-state index contributed by atoms with van der Waals surface area (Å²) in [6.07, 6.45) is 4.18. The van der Waals surface area contributed by atoms with E-state index in [4.69, 9.17) is 5.73 Å². The van der Waals surface area contributed by atoms with Crippen molar-refractivity contribution < 1.29 is 0 Å². The number of hydrogen-bond donors (Lipinski definition) is 2. The van der Waals surface area contributed by atoms with Crippen molar-refractivity contribution >= 4 is 17.1 Å². The normalized spacial score (nSPS) is 15.2. The molecule has 1 aromatic rings. The van der Waals surface area contributed by atoms with E-state index in [0.29, 0.717) is 0 Å². The molecule has 3 nitrogen and oxygen atoms in total. The van der Waals surface area contributed by atoms with Gasteiger partial charge in [-0.3, -0.25) is 0 Å². The lowest BCUT2D eigenvalue weighted by molar-refractivity contribution is 0.726. The highest BCUT2D eigenvalue weighted by Crippen LogP contribution is 2.31.